The van der Waals surface area contributed by atoms with Gasteiger partial charge in [0.2, 0.25) is 0 Å². The van der Waals surface area contributed by atoms with Crippen molar-refractivity contribution in [2.24, 2.45) is 0 Å². The van der Waals surface area contributed by atoms with Gasteiger partial charge in [0.15, 0.2) is 11.5 Å². The van der Waals surface area contributed by atoms with E-state index in [-0.39, 0.29) is 6.03 Å². The Morgan fingerprint density at radius 1 is 1.29 bits per heavy atom. The van der Waals surface area contributed by atoms with Crippen LogP contribution in [0.15, 0.2) is 24.5 Å². The average molecular weight is 388 g/mol. The van der Waals surface area contributed by atoms with Crippen molar-refractivity contribution in [1.29, 1.82) is 0 Å². The summed E-state index contributed by atoms with van der Waals surface area (Å²) in [5, 5.41) is 2.69. The zero-order valence-corrected chi connectivity index (χ0v) is 16.3. The summed E-state index contributed by atoms with van der Waals surface area (Å²) in [5.41, 5.74) is 2.44. The largest absolute Gasteiger partial charge is 0.493 e. The average Bonchev–Trinajstić information content (AvgIpc) is 3.20. The third-order valence-electron chi connectivity index (χ3n) is 4.81. The molecule has 150 valence electrons. The van der Waals surface area contributed by atoms with Gasteiger partial charge >= 0.3 is 12.0 Å². The molecule has 0 aliphatic carbocycles. The van der Waals surface area contributed by atoms with Gasteiger partial charge in [-0.05, 0) is 13.0 Å². The molecule has 0 unspecified atom stereocenters. The van der Waals surface area contributed by atoms with E-state index in [1.165, 1.54) is 7.11 Å². The number of ether oxygens (including phenoxy) is 3. The second kappa shape index (κ2) is 8.20. The first kappa shape index (κ1) is 19.5. The van der Waals surface area contributed by atoms with E-state index in [0.29, 0.717) is 24.5 Å². The first-order valence-electron chi connectivity index (χ1n) is 8.89. The van der Waals surface area contributed by atoms with E-state index < -0.39 is 18.1 Å². The number of imidazole rings is 1. The summed E-state index contributed by atoms with van der Waals surface area (Å²) in [4.78, 5) is 33.9. The van der Waals surface area contributed by atoms with Crippen LogP contribution < -0.4 is 14.8 Å². The van der Waals surface area contributed by atoms with Gasteiger partial charge in [-0.3, -0.25) is 0 Å². The highest BCUT2D eigenvalue weighted by atomic mass is 16.5. The lowest BCUT2D eigenvalue weighted by atomic mass is 9.95. The topological polar surface area (TPSA) is 106 Å². The molecular formula is C19H24N4O5. The Bertz CT molecular complexity index is 866. The number of para-hydroxylation sites is 1. The molecule has 2 atom stereocenters. The molecule has 2 aromatic rings. The van der Waals surface area contributed by atoms with Crippen LogP contribution in [0, 0.1) is 0 Å². The SMILES string of the molecule is COC(=O)[C@@H](C)NC(=O)N1CCc2[nH]cnc2[C@H]1c1cccc(OC)c1OC. The standard InChI is InChI=1S/C19H24N4O5/c1-11(18(24)28-4)22-19(25)23-9-8-13-15(21-10-20-13)16(23)12-6-5-7-14(26-2)17(12)27-3/h5-7,10-11,16H,8-9H2,1-4H3,(H,20,21)(H,22,25)/t11-,16-/m1/s1. The van der Waals surface area contributed by atoms with Crippen LogP contribution in [-0.4, -0.2) is 60.8 Å². The van der Waals surface area contributed by atoms with Crippen molar-refractivity contribution in [2.75, 3.05) is 27.9 Å². The number of methoxy groups -OCH3 is 3. The molecule has 2 amide bonds. The van der Waals surface area contributed by atoms with Gasteiger partial charge in [-0.2, -0.15) is 0 Å². The number of esters is 1. The van der Waals surface area contributed by atoms with Crippen LogP contribution in [0.25, 0.3) is 0 Å². The fourth-order valence-electron chi connectivity index (χ4n) is 3.44. The molecule has 9 nitrogen and oxygen atoms in total. The summed E-state index contributed by atoms with van der Waals surface area (Å²) in [6.45, 7) is 2.02. The van der Waals surface area contributed by atoms with Gasteiger partial charge in [-0.25, -0.2) is 14.6 Å². The Labute approximate surface area is 163 Å². The Balaban J connectivity index is 2.02. The van der Waals surface area contributed by atoms with Crippen LogP contribution in [-0.2, 0) is 16.0 Å². The minimum Gasteiger partial charge on any atom is -0.493 e. The quantitative estimate of drug-likeness (QED) is 0.755. The summed E-state index contributed by atoms with van der Waals surface area (Å²) in [6, 6.07) is 3.85. The molecule has 0 saturated heterocycles. The number of benzene rings is 1. The number of amides is 2. The van der Waals surface area contributed by atoms with E-state index in [2.05, 4.69) is 15.3 Å². The number of urea groups is 1. The lowest BCUT2D eigenvalue weighted by molar-refractivity contribution is -0.142. The first-order chi connectivity index (χ1) is 13.5. The number of fused-ring (bicyclic) bond motifs is 1. The van der Waals surface area contributed by atoms with Crippen molar-refractivity contribution < 1.29 is 23.8 Å². The summed E-state index contributed by atoms with van der Waals surface area (Å²) < 4.78 is 15.7. The van der Waals surface area contributed by atoms with E-state index in [9.17, 15) is 9.59 Å². The monoisotopic (exact) mass is 388 g/mol. The molecule has 2 N–H and O–H groups in total. The maximum Gasteiger partial charge on any atom is 0.328 e. The number of aromatic nitrogens is 2. The third-order valence-corrected chi connectivity index (χ3v) is 4.81. The number of carbonyl (C=O) groups excluding carboxylic acids is 2. The Hall–Kier alpha value is -3.23. The molecule has 28 heavy (non-hydrogen) atoms. The van der Waals surface area contributed by atoms with E-state index in [0.717, 1.165) is 17.0 Å². The number of nitrogens with zero attached hydrogens (tertiary/aromatic N) is 2. The fraction of sp³-hybridized carbons (Fsp3) is 0.421. The number of H-pyrrole nitrogens is 1. The van der Waals surface area contributed by atoms with Crippen LogP contribution >= 0.6 is 0 Å². The molecular weight excluding hydrogens is 364 g/mol. The Morgan fingerprint density at radius 2 is 2.07 bits per heavy atom. The maximum absolute atomic E-state index is 13.0. The lowest BCUT2D eigenvalue weighted by Gasteiger charge is -2.36. The second-order valence-corrected chi connectivity index (χ2v) is 6.39. The second-order valence-electron chi connectivity index (χ2n) is 6.39. The molecule has 9 heteroatoms. The molecule has 1 aromatic heterocycles. The third kappa shape index (κ3) is 3.47. The predicted octanol–water partition coefficient (Wildman–Crippen LogP) is 1.65. The van der Waals surface area contributed by atoms with E-state index in [1.54, 1.807) is 38.4 Å². The van der Waals surface area contributed by atoms with Crippen LogP contribution in [0.3, 0.4) is 0 Å². The van der Waals surface area contributed by atoms with Crippen molar-refractivity contribution in [1.82, 2.24) is 20.2 Å². The van der Waals surface area contributed by atoms with Crippen molar-refractivity contribution in [3.8, 4) is 11.5 Å². The molecule has 0 saturated carbocycles. The maximum atomic E-state index is 13.0. The van der Waals surface area contributed by atoms with Gasteiger partial charge in [-0.1, -0.05) is 12.1 Å². The fourth-order valence-corrected chi connectivity index (χ4v) is 3.44. The molecule has 3 rings (SSSR count). The van der Waals surface area contributed by atoms with Gasteiger partial charge < -0.3 is 29.4 Å². The van der Waals surface area contributed by atoms with E-state index in [4.69, 9.17) is 14.2 Å². The van der Waals surface area contributed by atoms with E-state index in [1.807, 2.05) is 12.1 Å². The van der Waals surface area contributed by atoms with Crippen LogP contribution in [0.2, 0.25) is 0 Å². The molecule has 1 aromatic carbocycles. The van der Waals surface area contributed by atoms with Crippen molar-refractivity contribution in [2.45, 2.75) is 25.4 Å². The minimum absolute atomic E-state index is 0.388. The number of hydrogen-bond donors (Lipinski definition) is 2. The van der Waals surface area contributed by atoms with Crippen LogP contribution in [0.1, 0.15) is 29.9 Å². The van der Waals surface area contributed by atoms with E-state index >= 15 is 0 Å². The first-order valence-corrected chi connectivity index (χ1v) is 8.89. The number of aromatic amines is 1. The molecule has 0 fully saturated rings. The molecule has 0 spiro atoms. The van der Waals surface area contributed by atoms with Crippen molar-refractivity contribution >= 4 is 12.0 Å². The molecule has 0 radical (unpaired) electrons. The van der Waals surface area contributed by atoms with Gasteiger partial charge in [0.25, 0.3) is 0 Å². The lowest BCUT2D eigenvalue weighted by Crippen LogP contribution is -2.50. The number of carbonyl (C=O) groups is 2. The highest BCUT2D eigenvalue weighted by Gasteiger charge is 2.37. The van der Waals surface area contributed by atoms with Gasteiger partial charge in [0, 0.05) is 24.2 Å². The van der Waals surface area contributed by atoms with Crippen molar-refractivity contribution in [3.63, 3.8) is 0 Å². The number of hydrogen-bond acceptors (Lipinski definition) is 6. The molecule has 0 bridgehead atoms. The number of rotatable bonds is 5. The smallest absolute Gasteiger partial charge is 0.328 e. The predicted molar refractivity (Wildman–Crippen MR) is 100 cm³/mol. The van der Waals surface area contributed by atoms with Gasteiger partial charge in [0.05, 0.1) is 33.4 Å². The Kier molecular flexibility index (Phi) is 5.72. The summed E-state index contributed by atoms with van der Waals surface area (Å²) in [6.07, 6.45) is 2.24. The molecule has 1 aliphatic heterocycles. The van der Waals surface area contributed by atoms with Crippen LogP contribution in [0.5, 0.6) is 11.5 Å². The Morgan fingerprint density at radius 3 is 2.75 bits per heavy atom. The zero-order valence-electron chi connectivity index (χ0n) is 16.3. The zero-order chi connectivity index (χ0) is 20.3. The normalized spacial score (nSPS) is 16.7. The van der Waals surface area contributed by atoms with Crippen LogP contribution in [0.4, 0.5) is 4.79 Å². The minimum atomic E-state index is -0.772. The number of nitrogens with one attached hydrogen (secondary N) is 2. The summed E-state index contributed by atoms with van der Waals surface area (Å²) in [7, 11) is 4.40. The van der Waals surface area contributed by atoms with Gasteiger partial charge in [-0.15, -0.1) is 0 Å². The highest BCUT2D eigenvalue weighted by molar-refractivity contribution is 5.84. The molecule has 2 heterocycles. The van der Waals surface area contributed by atoms with Gasteiger partial charge in [0.1, 0.15) is 12.1 Å². The summed E-state index contributed by atoms with van der Waals surface area (Å²) >= 11 is 0. The highest BCUT2D eigenvalue weighted by Crippen LogP contribution is 2.41. The molecule has 1 aliphatic rings. The van der Waals surface area contributed by atoms with Crippen molar-refractivity contribution in [3.05, 3.63) is 41.5 Å². The summed E-state index contributed by atoms with van der Waals surface area (Å²) in [5.74, 6) is 0.581.